The number of hydrogen-bond donors (Lipinski definition) is 2. The molecule has 1 heterocycles. The van der Waals surface area contributed by atoms with Crippen molar-refractivity contribution < 1.29 is 22.7 Å². The van der Waals surface area contributed by atoms with E-state index in [1.54, 1.807) is 19.9 Å². The number of sulfone groups is 1. The second-order valence-electron chi connectivity index (χ2n) is 6.07. The van der Waals surface area contributed by atoms with Crippen LogP contribution in [0.15, 0.2) is 64.3 Å². The van der Waals surface area contributed by atoms with Gasteiger partial charge >= 0.3 is 5.88 Å². The fourth-order valence-corrected chi connectivity index (χ4v) is 2.48. The van der Waals surface area contributed by atoms with E-state index in [1.165, 1.54) is 37.4 Å². The monoisotopic (exact) mass is 396 g/mol. The standard InChI is InChI=1S/C17H21FN4O4S/c1-11(2)17-13(10-20-12(3)27(4,24)25)9-16(22(23)21(17)19)26-15-8-6-5-7-14(15)18/h5-10,22H,19H2,1-4H3/b13-10-,20-12?. The molecule has 1 aromatic rings. The molecule has 1 atom stereocenters. The van der Waals surface area contributed by atoms with Gasteiger partial charge < -0.3 is 9.94 Å². The average molecular weight is 396 g/mol. The van der Waals surface area contributed by atoms with Crippen molar-refractivity contribution in [3.05, 3.63) is 70.3 Å². The highest BCUT2D eigenvalue weighted by molar-refractivity contribution is 8.05. The summed E-state index contributed by atoms with van der Waals surface area (Å²) in [6.45, 7) is 4.82. The van der Waals surface area contributed by atoms with Gasteiger partial charge in [-0.2, -0.15) is 5.17 Å². The number of quaternary nitrogens is 1. The molecular formula is C17H21FN4O4S. The predicted molar refractivity (Wildman–Crippen MR) is 99.9 cm³/mol. The van der Waals surface area contributed by atoms with Crippen molar-refractivity contribution in [2.75, 3.05) is 6.26 Å². The summed E-state index contributed by atoms with van der Waals surface area (Å²) in [5, 5.41) is 12.6. The van der Waals surface area contributed by atoms with E-state index in [9.17, 15) is 18.0 Å². The summed E-state index contributed by atoms with van der Waals surface area (Å²) in [6.07, 6.45) is 3.66. The number of nitrogens with one attached hydrogen (secondary N) is 1. The Morgan fingerprint density at radius 3 is 2.52 bits per heavy atom. The Morgan fingerprint density at radius 2 is 1.96 bits per heavy atom. The van der Waals surface area contributed by atoms with Crippen molar-refractivity contribution in [1.29, 1.82) is 0 Å². The van der Waals surface area contributed by atoms with Gasteiger partial charge in [-0.1, -0.05) is 12.1 Å². The van der Waals surface area contributed by atoms with Crippen LogP contribution in [0.5, 0.6) is 5.75 Å². The number of allylic oxidation sites excluding steroid dienone is 2. The number of rotatable bonds is 3. The summed E-state index contributed by atoms with van der Waals surface area (Å²) >= 11 is 0. The van der Waals surface area contributed by atoms with Crippen molar-refractivity contribution in [2.24, 2.45) is 10.8 Å². The highest BCUT2D eigenvalue weighted by Gasteiger charge is 2.29. The van der Waals surface area contributed by atoms with Crippen molar-refractivity contribution >= 4 is 14.9 Å². The fourth-order valence-electron chi connectivity index (χ4n) is 2.23. The van der Waals surface area contributed by atoms with Gasteiger partial charge in [0, 0.05) is 18.0 Å². The van der Waals surface area contributed by atoms with E-state index in [2.05, 4.69) is 4.99 Å². The molecule has 3 N–H and O–H groups in total. The summed E-state index contributed by atoms with van der Waals surface area (Å²) in [7, 11) is -3.46. The third kappa shape index (κ3) is 4.80. The van der Waals surface area contributed by atoms with Crippen LogP contribution in [-0.4, -0.2) is 24.8 Å². The topological polar surface area (TPSA) is 112 Å². The zero-order valence-corrected chi connectivity index (χ0v) is 16.2. The van der Waals surface area contributed by atoms with E-state index in [-0.39, 0.29) is 16.7 Å². The van der Waals surface area contributed by atoms with Gasteiger partial charge in [0.1, 0.15) is 10.7 Å². The first-order valence-corrected chi connectivity index (χ1v) is 9.77. The van der Waals surface area contributed by atoms with Gasteiger partial charge in [0.25, 0.3) is 0 Å². The Balaban J connectivity index is 2.55. The average Bonchev–Trinajstić information content (AvgIpc) is 2.57. The van der Waals surface area contributed by atoms with Crippen LogP contribution in [0, 0.1) is 11.0 Å². The molecule has 146 valence electrons. The van der Waals surface area contributed by atoms with Gasteiger partial charge in [-0.3, -0.25) is 0 Å². The lowest BCUT2D eigenvalue weighted by Crippen LogP contribution is -3.14. The molecule has 0 spiro atoms. The van der Waals surface area contributed by atoms with Gasteiger partial charge in [-0.25, -0.2) is 23.6 Å². The van der Waals surface area contributed by atoms with Crippen molar-refractivity contribution in [1.82, 2.24) is 5.12 Å². The zero-order chi connectivity index (χ0) is 20.4. The first-order valence-electron chi connectivity index (χ1n) is 7.88. The highest BCUT2D eigenvalue weighted by Crippen LogP contribution is 2.23. The molecule has 8 nitrogen and oxygen atoms in total. The molecule has 27 heavy (non-hydrogen) atoms. The molecule has 0 amide bonds. The number of nitrogens with zero attached hydrogens (tertiary/aromatic N) is 2. The molecule has 1 aromatic carbocycles. The first-order chi connectivity index (χ1) is 12.5. The smallest absolute Gasteiger partial charge is 0.322 e. The normalized spacial score (nSPS) is 20.0. The van der Waals surface area contributed by atoms with Crippen LogP contribution in [0.2, 0.25) is 0 Å². The highest BCUT2D eigenvalue weighted by atomic mass is 32.2. The molecule has 1 unspecified atom stereocenters. The lowest BCUT2D eigenvalue weighted by Gasteiger charge is -2.36. The minimum absolute atomic E-state index is 0.103. The number of hydrogen-bond acceptors (Lipinski definition) is 7. The van der Waals surface area contributed by atoms with E-state index in [0.29, 0.717) is 16.8 Å². The molecule has 0 fully saturated rings. The van der Waals surface area contributed by atoms with Crippen LogP contribution >= 0.6 is 0 Å². The number of hydrazine groups is 1. The maximum absolute atomic E-state index is 13.8. The number of ether oxygens (including phenoxy) is 1. The third-order valence-electron chi connectivity index (χ3n) is 3.68. The van der Waals surface area contributed by atoms with E-state index < -0.39 is 20.8 Å². The quantitative estimate of drug-likeness (QED) is 0.343. The summed E-state index contributed by atoms with van der Waals surface area (Å²) in [5.74, 6) is 4.90. The summed E-state index contributed by atoms with van der Waals surface area (Å²) in [5.41, 5.74) is 1.41. The summed E-state index contributed by atoms with van der Waals surface area (Å²) in [6, 6.07) is 5.62. The van der Waals surface area contributed by atoms with Gasteiger partial charge in [0.05, 0.1) is 6.08 Å². The largest absolute Gasteiger partial charge is 0.599 e. The minimum Gasteiger partial charge on any atom is -0.599 e. The fraction of sp³-hybridized carbons (Fsp3) is 0.235. The van der Waals surface area contributed by atoms with Gasteiger partial charge in [-0.05, 0) is 38.5 Å². The maximum atomic E-state index is 13.8. The molecule has 1 aliphatic rings. The van der Waals surface area contributed by atoms with Crippen LogP contribution in [-0.2, 0) is 9.84 Å². The van der Waals surface area contributed by atoms with Gasteiger partial charge in [-0.15, -0.1) is 5.12 Å². The van der Waals surface area contributed by atoms with Crippen LogP contribution in [0.1, 0.15) is 20.8 Å². The van der Waals surface area contributed by atoms with Crippen LogP contribution in [0.4, 0.5) is 4.39 Å². The van der Waals surface area contributed by atoms with Crippen molar-refractivity contribution in [2.45, 2.75) is 20.8 Å². The second kappa shape index (κ2) is 8.01. The summed E-state index contributed by atoms with van der Waals surface area (Å²) < 4.78 is 42.3. The summed E-state index contributed by atoms with van der Waals surface area (Å²) in [4.78, 5) is 3.93. The number of benzene rings is 1. The van der Waals surface area contributed by atoms with E-state index >= 15 is 0 Å². The molecule has 0 saturated carbocycles. The minimum atomic E-state index is -3.46. The first kappa shape index (κ1) is 20.8. The van der Waals surface area contributed by atoms with Crippen LogP contribution in [0.25, 0.3) is 0 Å². The Labute approximate surface area is 157 Å². The molecule has 1 aliphatic heterocycles. The Bertz CT molecular complexity index is 963. The van der Waals surface area contributed by atoms with E-state index in [1.807, 2.05) is 0 Å². The van der Waals surface area contributed by atoms with Crippen molar-refractivity contribution in [3.8, 4) is 5.75 Å². The number of hydroxylamine groups is 1. The Kier molecular flexibility index (Phi) is 6.16. The molecular weight excluding hydrogens is 375 g/mol. The Morgan fingerprint density at radius 1 is 1.33 bits per heavy atom. The number of para-hydroxylation sites is 1. The molecule has 2 rings (SSSR count). The van der Waals surface area contributed by atoms with Crippen LogP contribution < -0.4 is 15.8 Å². The molecule has 0 bridgehead atoms. The van der Waals surface area contributed by atoms with Crippen LogP contribution in [0.3, 0.4) is 0 Å². The maximum Gasteiger partial charge on any atom is 0.322 e. The van der Waals surface area contributed by atoms with Gasteiger partial charge in [0.2, 0.25) is 0 Å². The second-order valence-corrected chi connectivity index (χ2v) is 8.20. The van der Waals surface area contributed by atoms with E-state index in [0.717, 1.165) is 11.4 Å². The molecule has 0 aromatic heterocycles. The molecule has 0 aliphatic carbocycles. The predicted octanol–water partition coefficient (Wildman–Crippen LogP) is 1.17. The van der Waals surface area contributed by atoms with Gasteiger partial charge in [0.15, 0.2) is 21.4 Å². The SMILES string of the molecule is CC(=N/C=C1/C=C(Oc2ccccc2F)[NH+]([O-])N(N)C1=C(C)C)S(C)(=O)=O. The zero-order valence-electron chi connectivity index (χ0n) is 15.4. The molecule has 0 radical (unpaired) electrons. The van der Waals surface area contributed by atoms with E-state index in [4.69, 9.17) is 10.6 Å². The number of nitrogens with two attached hydrogens (primary N) is 1. The lowest BCUT2D eigenvalue weighted by atomic mass is 10.1. The Hall–Kier alpha value is -2.53. The lowest BCUT2D eigenvalue weighted by molar-refractivity contribution is -0.944. The number of halogens is 1. The third-order valence-corrected chi connectivity index (χ3v) is 4.86. The van der Waals surface area contributed by atoms with Crippen molar-refractivity contribution in [3.63, 3.8) is 0 Å². The number of aliphatic imine (C=N–C) groups is 1. The molecule has 0 saturated heterocycles. The molecule has 10 heteroatoms.